The summed E-state index contributed by atoms with van der Waals surface area (Å²) in [7, 11) is 6.26. The van der Waals surface area contributed by atoms with Gasteiger partial charge in [0.25, 0.3) is 0 Å². The van der Waals surface area contributed by atoms with Gasteiger partial charge in [0.15, 0.2) is 0 Å². The summed E-state index contributed by atoms with van der Waals surface area (Å²) >= 11 is 12.9. The van der Waals surface area contributed by atoms with Crippen LogP contribution in [0.25, 0.3) is 0 Å². The van der Waals surface area contributed by atoms with Crippen LogP contribution in [0.1, 0.15) is 53.4 Å². The van der Waals surface area contributed by atoms with E-state index in [2.05, 4.69) is 59.4 Å². The van der Waals surface area contributed by atoms with Gasteiger partial charge in [0.1, 0.15) is 5.38 Å². The van der Waals surface area contributed by atoms with Crippen molar-refractivity contribution in [3.63, 3.8) is 0 Å². The van der Waals surface area contributed by atoms with Crippen LogP contribution in [-0.2, 0) is 4.79 Å². The molecule has 0 aromatic rings. The second-order valence-corrected chi connectivity index (χ2v) is 9.65. The van der Waals surface area contributed by atoms with Crippen LogP contribution >= 0.6 is 23.2 Å². The second-order valence-electron chi connectivity index (χ2n) is 8.35. The van der Waals surface area contributed by atoms with Crippen LogP contribution < -0.4 is 5.32 Å². The van der Waals surface area contributed by atoms with Crippen LogP contribution in [0.3, 0.4) is 0 Å². The summed E-state index contributed by atoms with van der Waals surface area (Å²) in [5.41, 5.74) is 2.70. The minimum absolute atomic E-state index is 0.183. The molecule has 0 saturated heterocycles. The Morgan fingerprint density at radius 3 is 2.28 bits per heavy atom. The number of amides is 1. The lowest BCUT2D eigenvalue weighted by Crippen LogP contribution is -2.47. The van der Waals surface area contributed by atoms with E-state index < -0.39 is 10.3 Å². The number of hydrogen-bond acceptors (Lipinski definition) is 1. The number of carbonyl (C=O) groups is 1. The maximum atomic E-state index is 12.2. The Morgan fingerprint density at radius 1 is 1.16 bits per heavy atom. The molecule has 0 bridgehead atoms. The Morgan fingerprint density at radius 2 is 1.76 bits per heavy atom. The van der Waals surface area contributed by atoms with Crippen molar-refractivity contribution >= 4 is 29.1 Å². The van der Waals surface area contributed by atoms with Crippen LogP contribution in [0.15, 0.2) is 23.3 Å². The molecular formula is C20H37Cl2N2O+. The van der Waals surface area contributed by atoms with Gasteiger partial charge in [-0.2, -0.15) is 0 Å². The number of nitrogens with one attached hydrogen (secondary N) is 1. The lowest BCUT2D eigenvalue weighted by atomic mass is 9.98. The highest BCUT2D eigenvalue weighted by atomic mass is 35.5. The van der Waals surface area contributed by atoms with Crippen LogP contribution in [0, 0.1) is 0 Å². The fraction of sp³-hybridized carbons (Fsp3) is 0.750. The first-order valence-electron chi connectivity index (χ1n) is 9.05. The van der Waals surface area contributed by atoms with Crippen LogP contribution in [-0.4, -0.2) is 54.9 Å². The summed E-state index contributed by atoms with van der Waals surface area (Å²) in [6, 6.07) is 0. The van der Waals surface area contributed by atoms with Crippen molar-refractivity contribution in [2.24, 2.45) is 0 Å². The van der Waals surface area contributed by atoms with E-state index in [1.54, 1.807) is 0 Å². The molecule has 2 atom stereocenters. The Labute approximate surface area is 165 Å². The van der Waals surface area contributed by atoms with Crippen molar-refractivity contribution in [3.05, 3.63) is 23.3 Å². The van der Waals surface area contributed by atoms with Crippen molar-refractivity contribution in [1.82, 2.24) is 5.32 Å². The zero-order valence-electron chi connectivity index (χ0n) is 17.1. The van der Waals surface area contributed by atoms with Gasteiger partial charge in [0.05, 0.1) is 39.1 Å². The fourth-order valence-electron chi connectivity index (χ4n) is 2.30. The minimum atomic E-state index is -0.751. The van der Waals surface area contributed by atoms with Gasteiger partial charge in [-0.25, -0.2) is 0 Å². The van der Waals surface area contributed by atoms with Gasteiger partial charge < -0.3 is 9.80 Å². The van der Waals surface area contributed by atoms with Gasteiger partial charge in [-0.05, 0) is 53.4 Å². The largest absolute Gasteiger partial charge is 0.349 e. The first-order chi connectivity index (χ1) is 11.3. The third-order valence-corrected chi connectivity index (χ3v) is 5.26. The molecule has 0 aliphatic heterocycles. The number of hydrogen-bond donors (Lipinski definition) is 1. The Hall–Kier alpha value is -0.510. The smallest absolute Gasteiger partial charge is 0.240 e. The number of halogens is 2. The van der Waals surface area contributed by atoms with Crippen molar-refractivity contribution in [2.75, 3.05) is 34.2 Å². The Balaban J connectivity index is 4.35. The van der Waals surface area contributed by atoms with E-state index in [4.69, 9.17) is 23.2 Å². The lowest BCUT2D eigenvalue weighted by Gasteiger charge is -2.28. The molecule has 0 rings (SSSR count). The number of allylic oxidation sites excluding steroid dienone is 4. The molecule has 0 spiro atoms. The number of likely N-dealkylation sites (N-methyl/N-ethyl adjacent to an activating group) is 1. The molecule has 0 aromatic carbocycles. The second kappa shape index (κ2) is 11.3. The molecule has 1 amide bonds. The van der Waals surface area contributed by atoms with E-state index in [1.807, 2.05) is 6.92 Å². The normalized spacial score (nSPS) is 16.1. The van der Waals surface area contributed by atoms with Crippen LogP contribution in [0.4, 0.5) is 0 Å². The van der Waals surface area contributed by atoms with Crippen molar-refractivity contribution in [3.8, 4) is 0 Å². The zero-order valence-corrected chi connectivity index (χ0v) is 18.6. The molecule has 3 nitrogen and oxygen atoms in total. The predicted octanol–water partition coefficient (Wildman–Crippen LogP) is 4.89. The average Bonchev–Trinajstić information content (AvgIpc) is 2.44. The standard InChI is InChI=1S/C20H36Cl2N2O/c1-16(2)10-8-11-17(3)12-9-13-20(4,22)18(21)19(25)23-14-15-24(5,6)7/h10,12,18H,8-9,11,13-15H2,1-7H3/p+1. The van der Waals surface area contributed by atoms with E-state index in [-0.39, 0.29) is 5.91 Å². The maximum Gasteiger partial charge on any atom is 0.240 e. The van der Waals surface area contributed by atoms with Crippen LogP contribution in [0.2, 0.25) is 0 Å². The Kier molecular flexibility index (Phi) is 11.0. The fourth-order valence-corrected chi connectivity index (χ4v) is 2.69. The SMILES string of the molecule is CC(C)=CCCC(C)=CCCC(C)(Cl)C(Cl)C(=O)NCC[N+](C)(C)C. The Bertz CT molecular complexity index is 473. The predicted molar refractivity (Wildman–Crippen MR) is 111 cm³/mol. The van der Waals surface area contributed by atoms with Crippen molar-refractivity contribution in [1.29, 1.82) is 0 Å². The third-order valence-electron chi connectivity index (χ3n) is 4.06. The van der Waals surface area contributed by atoms with E-state index >= 15 is 0 Å². The molecule has 0 saturated carbocycles. The summed E-state index contributed by atoms with van der Waals surface area (Å²) in [4.78, 5) is 11.5. The first kappa shape index (κ1) is 24.5. The van der Waals surface area contributed by atoms with E-state index in [1.165, 1.54) is 11.1 Å². The minimum Gasteiger partial charge on any atom is -0.349 e. The number of nitrogens with zero attached hydrogens (tertiary/aromatic N) is 1. The number of alkyl halides is 2. The summed E-state index contributed by atoms with van der Waals surface area (Å²) in [5, 5.41) is 2.15. The topological polar surface area (TPSA) is 29.1 Å². The number of carbonyl (C=O) groups excluding carboxylic acids is 1. The zero-order chi connectivity index (χ0) is 19.7. The molecular weight excluding hydrogens is 355 g/mol. The summed E-state index contributed by atoms with van der Waals surface area (Å²) < 4.78 is 0.794. The van der Waals surface area contributed by atoms with E-state index in [0.717, 1.165) is 30.3 Å². The van der Waals surface area contributed by atoms with E-state index in [0.29, 0.717) is 13.0 Å². The molecule has 0 fully saturated rings. The number of rotatable bonds is 11. The molecule has 5 heteroatoms. The highest BCUT2D eigenvalue weighted by Gasteiger charge is 2.35. The molecule has 0 heterocycles. The lowest BCUT2D eigenvalue weighted by molar-refractivity contribution is -0.869. The third kappa shape index (κ3) is 12.5. The monoisotopic (exact) mass is 391 g/mol. The molecule has 146 valence electrons. The quantitative estimate of drug-likeness (QED) is 0.303. The van der Waals surface area contributed by atoms with Gasteiger partial charge in [-0.1, -0.05) is 23.3 Å². The van der Waals surface area contributed by atoms with Gasteiger partial charge in [0, 0.05) is 0 Å². The van der Waals surface area contributed by atoms with E-state index in [9.17, 15) is 4.79 Å². The maximum absolute atomic E-state index is 12.2. The first-order valence-corrected chi connectivity index (χ1v) is 9.87. The molecule has 0 aliphatic carbocycles. The molecule has 0 aromatic heterocycles. The summed E-state index contributed by atoms with van der Waals surface area (Å²) in [6.07, 6.45) is 8.08. The van der Waals surface area contributed by atoms with Gasteiger partial charge in [-0.15, -0.1) is 23.2 Å². The van der Waals surface area contributed by atoms with Gasteiger partial charge >= 0.3 is 0 Å². The molecule has 0 radical (unpaired) electrons. The van der Waals surface area contributed by atoms with Crippen molar-refractivity contribution < 1.29 is 9.28 Å². The summed E-state index contributed by atoms with van der Waals surface area (Å²) in [6.45, 7) is 9.66. The molecule has 0 aliphatic rings. The highest BCUT2D eigenvalue weighted by molar-refractivity contribution is 6.39. The van der Waals surface area contributed by atoms with Crippen LogP contribution in [0.5, 0.6) is 0 Å². The number of quaternary nitrogens is 1. The molecule has 25 heavy (non-hydrogen) atoms. The van der Waals surface area contributed by atoms with Crippen molar-refractivity contribution in [2.45, 2.75) is 63.6 Å². The summed E-state index contributed by atoms with van der Waals surface area (Å²) in [5.74, 6) is -0.183. The molecule has 2 unspecified atom stereocenters. The highest BCUT2D eigenvalue weighted by Crippen LogP contribution is 2.30. The average molecular weight is 392 g/mol. The molecule has 1 N–H and O–H groups in total. The van der Waals surface area contributed by atoms with Gasteiger partial charge in [-0.3, -0.25) is 4.79 Å². The van der Waals surface area contributed by atoms with Gasteiger partial charge in [0.2, 0.25) is 5.91 Å².